The third kappa shape index (κ3) is 2.85. The molecule has 0 radical (unpaired) electrons. The highest BCUT2D eigenvalue weighted by atomic mass is 79.9. The van der Waals surface area contributed by atoms with E-state index in [0.29, 0.717) is 6.54 Å². The molecule has 2 aromatic carbocycles. The Morgan fingerprint density at radius 1 is 1.10 bits per heavy atom. The molecule has 3 nitrogen and oxygen atoms in total. The van der Waals surface area contributed by atoms with Crippen LogP contribution in [0.25, 0.3) is 10.8 Å². The van der Waals surface area contributed by atoms with E-state index < -0.39 is 0 Å². The van der Waals surface area contributed by atoms with Crippen LogP contribution in [0.2, 0.25) is 0 Å². The largest absolute Gasteiger partial charge is 0.497 e. The highest BCUT2D eigenvalue weighted by molar-refractivity contribution is 9.10. The smallest absolute Gasteiger partial charge is 0.258 e. The predicted molar refractivity (Wildman–Crippen MR) is 88.0 cm³/mol. The fraction of sp³-hybridized carbons (Fsp3) is 0.118. The standard InChI is InChI=1S/C17H14BrNO2/c1-21-15-5-2-12(3-6-15)11-19-9-8-13-10-14(18)4-7-16(13)17(19)20/h2-10H,11H2,1H3. The molecule has 0 spiro atoms. The van der Waals surface area contributed by atoms with Gasteiger partial charge in [0.2, 0.25) is 0 Å². The lowest BCUT2D eigenvalue weighted by atomic mass is 10.1. The zero-order valence-electron chi connectivity index (χ0n) is 11.5. The summed E-state index contributed by atoms with van der Waals surface area (Å²) in [6.45, 7) is 0.550. The van der Waals surface area contributed by atoms with Gasteiger partial charge in [-0.3, -0.25) is 4.79 Å². The third-order valence-corrected chi connectivity index (χ3v) is 3.94. The maximum atomic E-state index is 12.5. The molecule has 21 heavy (non-hydrogen) atoms. The summed E-state index contributed by atoms with van der Waals surface area (Å²) in [4.78, 5) is 12.5. The normalized spacial score (nSPS) is 10.8. The molecule has 0 atom stereocenters. The highest BCUT2D eigenvalue weighted by Gasteiger charge is 2.04. The van der Waals surface area contributed by atoms with E-state index in [4.69, 9.17) is 4.74 Å². The fourth-order valence-electron chi connectivity index (χ4n) is 2.31. The summed E-state index contributed by atoms with van der Waals surface area (Å²) in [5, 5.41) is 1.68. The number of methoxy groups -OCH3 is 1. The molecule has 0 fully saturated rings. The lowest BCUT2D eigenvalue weighted by molar-refractivity contribution is 0.414. The summed E-state index contributed by atoms with van der Waals surface area (Å²) in [5.74, 6) is 0.814. The van der Waals surface area contributed by atoms with Crippen LogP contribution in [-0.4, -0.2) is 11.7 Å². The number of rotatable bonds is 3. The molecule has 1 heterocycles. The van der Waals surface area contributed by atoms with E-state index in [1.54, 1.807) is 11.7 Å². The SMILES string of the molecule is COc1ccc(Cn2ccc3cc(Br)ccc3c2=O)cc1. The second-order valence-corrected chi connectivity index (χ2v) is 5.74. The molecule has 0 aliphatic rings. The summed E-state index contributed by atoms with van der Waals surface area (Å²) in [6, 6.07) is 15.4. The zero-order chi connectivity index (χ0) is 14.8. The van der Waals surface area contributed by atoms with E-state index in [1.807, 2.05) is 54.7 Å². The summed E-state index contributed by atoms with van der Waals surface area (Å²) < 4.78 is 7.83. The van der Waals surface area contributed by atoms with Crippen LogP contribution >= 0.6 is 15.9 Å². The van der Waals surface area contributed by atoms with Crippen molar-refractivity contribution in [3.8, 4) is 5.75 Å². The van der Waals surface area contributed by atoms with Crippen LogP contribution in [0.5, 0.6) is 5.75 Å². The van der Waals surface area contributed by atoms with Gasteiger partial charge in [0.15, 0.2) is 0 Å². The van der Waals surface area contributed by atoms with Gasteiger partial charge in [-0.25, -0.2) is 0 Å². The quantitative estimate of drug-likeness (QED) is 0.723. The highest BCUT2D eigenvalue weighted by Crippen LogP contribution is 2.17. The first kappa shape index (κ1) is 13.9. The van der Waals surface area contributed by atoms with Crippen molar-refractivity contribution in [2.75, 3.05) is 7.11 Å². The van der Waals surface area contributed by atoms with E-state index in [0.717, 1.165) is 26.6 Å². The summed E-state index contributed by atoms with van der Waals surface area (Å²) >= 11 is 3.42. The van der Waals surface area contributed by atoms with E-state index in [1.165, 1.54) is 0 Å². The van der Waals surface area contributed by atoms with E-state index in [-0.39, 0.29) is 5.56 Å². The van der Waals surface area contributed by atoms with Crippen molar-refractivity contribution in [1.82, 2.24) is 4.57 Å². The lowest BCUT2D eigenvalue weighted by Crippen LogP contribution is -2.19. The molecule has 1 aromatic heterocycles. The van der Waals surface area contributed by atoms with Crippen molar-refractivity contribution < 1.29 is 4.74 Å². The minimum Gasteiger partial charge on any atom is -0.497 e. The van der Waals surface area contributed by atoms with Gasteiger partial charge >= 0.3 is 0 Å². The monoisotopic (exact) mass is 343 g/mol. The first-order chi connectivity index (χ1) is 10.2. The van der Waals surface area contributed by atoms with Crippen molar-refractivity contribution >= 4 is 26.7 Å². The fourth-order valence-corrected chi connectivity index (χ4v) is 2.69. The number of aromatic nitrogens is 1. The maximum absolute atomic E-state index is 12.5. The maximum Gasteiger partial charge on any atom is 0.258 e. The average molecular weight is 344 g/mol. The molecule has 0 bridgehead atoms. The van der Waals surface area contributed by atoms with Gasteiger partial charge in [0.1, 0.15) is 5.75 Å². The minimum absolute atomic E-state index is 0.0239. The first-order valence-electron chi connectivity index (χ1n) is 6.59. The summed E-state index contributed by atoms with van der Waals surface area (Å²) in [6.07, 6.45) is 1.83. The zero-order valence-corrected chi connectivity index (χ0v) is 13.1. The Morgan fingerprint density at radius 2 is 1.86 bits per heavy atom. The molecule has 106 valence electrons. The number of hydrogen-bond acceptors (Lipinski definition) is 2. The third-order valence-electron chi connectivity index (χ3n) is 3.45. The van der Waals surface area contributed by atoms with Gasteiger partial charge in [0, 0.05) is 16.1 Å². The topological polar surface area (TPSA) is 31.2 Å². The molecule has 0 aliphatic heterocycles. The van der Waals surface area contributed by atoms with Gasteiger partial charge in [0.05, 0.1) is 13.7 Å². The summed E-state index contributed by atoms with van der Waals surface area (Å²) in [7, 11) is 1.64. The minimum atomic E-state index is 0.0239. The number of pyridine rings is 1. The molecular formula is C17H14BrNO2. The Morgan fingerprint density at radius 3 is 2.57 bits per heavy atom. The average Bonchev–Trinajstić information content (AvgIpc) is 2.51. The van der Waals surface area contributed by atoms with Gasteiger partial charge in [-0.1, -0.05) is 28.1 Å². The molecule has 0 unspecified atom stereocenters. The molecule has 0 N–H and O–H groups in total. The number of ether oxygens (including phenoxy) is 1. The van der Waals surface area contributed by atoms with E-state index >= 15 is 0 Å². The molecule has 0 amide bonds. The van der Waals surface area contributed by atoms with Gasteiger partial charge in [-0.15, -0.1) is 0 Å². The lowest BCUT2D eigenvalue weighted by Gasteiger charge is -2.08. The molecule has 3 aromatic rings. The van der Waals surface area contributed by atoms with Crippen molar-refractivity contribution in [2.45, 2.75) is 6.54 Å². The van der Waals surface area contributed by atoms with Crippen LogP contribution in [0.4, 0.5) is 0 Å². The molecule has 4 heteroatoms. The van der Waals surface area contributed by atoms with Crippen LogP contribution in [0, 0.1) is 0 Å². The Hall–Kier alpha value is -2.07. The van der Waals surface area contributed by atoms with Gasteiger partial charge in [-0.2, -0.15) is 0 Å². The Bertz CT molecular complexity index is 838. The van der Waals surface area contributed by atoms with Crippen LogP contribution in [-0.2, 0) is 6.54 Å². The number of nitrogens with zero attached hydrogens (tertiary/aromatic N) is 1. The second kappa shape index (κ2) is 5.74. The molecule has 0 saturated carbocycles. The first-order valence-corrected chi connectivity index (χ1v) is 7.38. The van der Waals surface area contributed by atoms with Crippen LogP contribution in [0.3, 0.4) is 0 Å². The predicted octanol–water partition coefficient (Wildman–Crippen LogP) is 3.82. The Kier molecular flexibility index (Phi) is 3.80. The number of benzene rings is 2. The Balaban J connectivity index is 1.98. The number of fused-ring (bicyclic) bond motifs is 1. The molecule has 0 aliphatic carbocycles. The van der Waals surface area contributed by atoms with E-state index in [2.05, 4.69) is 15.9 Å². The van der Waals surface area contributed by atoms with Gasteiger partial charge in [-0.05, 0) is 47.3 Å². The molecule has 0 saturated heterocycles. The van der Waals surface area contributed by atoms with Crippen LogP contribution < -0.4 is 10.3 Å². The van der Waals surface area contributed by atoms with E-state index in [9.17, 15) is 4.79 Å². The van der Waals surface area contributed by atoms with Gasteiger partial charge in [0.25, 0.3) is 5.56 Å². The number of hydrogen-bond donors (Lipinski definition) is 0. The summed E-state index contributed by atoms with van der Waals surface area (Å²) in [5.41, 5.74) is 1.09. The molecular weight excluding hydrogens is 330 g/mol. The Labute approximate surface area is 130 Å². The van der Waals surface area contributed by atoms with Crippen molar-refractivity contribution in [1.29, 1.82) is 0 Å². The van der Waals surface area contributed by atoms with Crippen LogP contribution in [0.15, 0.2) is 64.0 Å². The molecule has 3 rings (SSSR count). The van der Waals surface area contributed by atoms with Crippen molar-refractivity contribution in [3.05, 3.63) is 75.1 Å². The van der Waals surface area contributed by atoms with Crippen molar-refractivity contribution in [2.24, 2.45) is 0 Å². The number of halogens is 1. The van der Waals surface area contributed by atoms with Crippen LogP contribution in [0.1, 0.15) is 5.56 Å². The van der Waals surface area contributed by atoms with Crippen molar-refractivity contribution in [3.63, 3.8) is 0 Å². The second-order valence-electron chi connectivity index (χ2n) is 4.83. The van der Waals surface area contributed by atoms with Gasteiger partial charge < -0.3 is 9.30 Å².